The van der Waals surface area contributed by atoms with Crippen LogP contribution in [0.25, 0.3) is 0 Å². The summed E-state index contributed by atoms with van der Waals surface area (Å²) < 4.78 is 0. The molecule has 2 rings (SSSR count). The second-order valence-electron chi connectivity index (χ2n) is 4.66. The Hall–Kier alpha value is -1.98. The zero-order valence-electron chi connectivity index (χ0n) is 11.0. The lowest BCUT2D eigenvalue weighted by molar-refractivity contribution is 1.13. The van der Waals surface area contributed by atoms with Crippen molar-refractivity contribution >= 4 is 17.3 Å². The Balaban J connectivity index is 2.12. The van der Waals surface area contributed by atoms with Gasteiger partial charge >= 0.3 is 0 Å². The minimum Gasteiger partial charge on any atom is -0.381 e. The Bertz CT molecular complexity index is 621. The molecule has 1 N–H and O–H groups in total. The van der Waals surface area contributed by atoms with Crippen molar-refractivity contribution in [3.63, 3.8) is 0 Å². The fourth-order valence-electron chi connectivity index (χ4n) is 2.10. The van der Waals surface area contributed by atoms with Crippen molar-refractivity contribution in [1.29, 1.82) is 5.26 Å². The van der Waals surface area contributed by atoms with Gasteiger partial charge in [0, 0.05) is 12.2 Å². The maximum Gasteiger partial charge on any atom is 0.101 e. The number of nitriles is 1. The molecular weight excluding hydrogens is 256 g/mol. The first-order valence-corrected chi connectivity index (χ1v) is 6.47. The van der Waals surface area contributed by atoms with Crippen LogP contribution in [0.3, 0.4) is 0 Å². The van der Waals surface area contributed by atoms with E-state index in [1.54, 1.807) is 12.1 Å². The van der Waals surface area contributed by atoms with Gasteiger partial charge in [0.2, 0.25) is 0 Å². The van der Waals surface area contributed by atoms with E-state index in [9.17, 15) is 0 Å². The van der Waals surface area contributed by atoms with Gasteiger partial charge in [0.05, 0.1) is 10.6 Å². The van der Waals surface area contributed by atoms with E-state index in [1.807, 2.05) is 6.07 Å². The molecular formula is C16H15ClN2. The number of halogens is 1. The summed E-state index contributed by atoms with van der Waals surface area (Å²) in [6.07, 6.45) is 0. The predicted molar refractivity (Wildman–Crippen MR) is 79.4 cm³/mol. The minimum atomic E-state index is 0.486. The molecule has 0 aromatic heterocycles. The van der Waals surface area contributed by atoms with Crippen LogP contribution < -0.4 is 5.32 Å². The van der Waals surface area contributed by atoms with Crippen LogP contribution in [-0.2, 0) is 6.54 Å². The molecule has 3 heteroatoms. The van der Waals surface area contributed by atoms with E-state index in [4.69, 9.17) is 16.9 Å². The summed E-state index contributed by atoms with van der Waals surface area (Å²) in [7, 11) is 0. The highest BCUT2D eigenvalue weighted by Gasteiger charge is 2.01. The fraction of sp³-hybridized carbons (Fsp3) is 0.188. The molecule has 0 aliphatic carbocycles. The number of aryl methyl sites for hydroxylation is 2. The van der Waals surface area contributed by atoms with Crippen molar-refractivity contribution < 1.29 is 0 Å². The molecule has 0 heterocycles. The first-order chi connectivity index (χ1) is 9.08. The summed E-state index contributed by atoms with van der Waals surface area (Å²) in [5, 5.41) is 12.7. The van der Waals surface area contributed by atoms with Crippen molar-refractivity contribution in [2.75, 3.05) is 5.32 Å². The Kier molecular flexibility index (Phi) is 4.09. The molecule has 0 amide bonds. The third kappa shape index (κ3) is 3.49. The van der Waals surface area contributed by atoms with Crippen LogP contribution in [0.4, 0.5) is 5.69 Å². The van der Waals surface area contributed by atoms with Crippen LogP contribution in [0.2, 0.25) is 5.02 Å². The summed E-state index contributed by atoms with van der Waals surface area (Å²) >= 11 is 5.90. The quantitative estimate of drug-likeness (QED) is 0.895. The van der Waals surface area contributed by atoms with E-state index >= 15 is 0 Å². The monoisotopic (exact) mass is 270 g/mol. The standard InChI is InChI=1S/C16H15ClN2/c1-11-5-12(2)7-13(6-11)10-19-15-3-4-16(17)14(8-15)9-18/h3-8,19H,10H2,1-2H3. The molecule has 0 saturated heterocycles. The lowest BCUT2D eigenvalue weighted by atomic mass is 10.1. The maximum atomic E-state index is 8.94. The summed E-state index contributed by atoms with van der Waals surface area (Å²) in [6.45, 7) is 4.91. The Morgan fingerprint density at radius 2 is 1.79 bits per heavy atom. The third-order valence-corrected chi connectivity index (χ3v) is 3.19. The van der Waals surface area contributed by atoms with Gasteiger partial charge in [-0.15, -0.1) is 0 Å². The molecule has 0 bridgehead atoms. The number of nitrogens with zero attached hydrogens (tertiary/aromatic N) is 1. The first-order valence-electron chi connectivity index (χ1n) is 6.09. The van der Waals surface area contributed by atoms with Gasteiger partial charge in [-0.1, -0.05) is 40.9 Å². The van der Waals surface area contributed by atoms with Crippen LogP contribution >= 0.6 is 11.6 Å². The molecule has 19 heavy (non-hydrogen) atoms. The summed E-state index contributed by atoms with van der Waals surface area (Å²) in [6, 6.07) is 13.9. The molecule has 2 aromatic rings. The number of nitrogens with one attached hydrogen (secondary N) is 1. The van der Waals surface area contributed by atoms with Crippen molar-refractivity contribution in [2.24, 2.45) is 0 Å². The number of hydrogen-bond donors (Lipinski definition) is 1. The van der Waals surface area contributed by atoms with E-state index < -0.39 is 0 Å². The van der Waals surface area contributed by atoms with E-state index in [0.717, 1.165) is 12.2 Å². The molecule has 0 fully saturated rings. The lowest BCUT2D eigenvalue weighted by Gasteiger charge is -2.09. The molecule has 96 valence electrons. The van der Waals surface area contributed by atoms with Crippen molar-refractivity contribution in [3.8, 4) is 6.07 Å². The van der Waals surface area contributed by atoms with Gasteiger partial charge in [0.15, 0.2) is 0 Å². The van der Waals surface area contributed by atoms with Crippen LogP contribution in [-0.4, -0.2) is 0 Å². The zero-order chi connectivity index (χ0) is 13.8. The van der Waals surface area contributed by atoms with Gasteiger partial charge < -0.3 is 5.32 Å². The average Bonchev–Trinajstić information content (AvgIpc) is 2.36. The van der Waals surface area contributed by atoms with Gasteiger partial charge in [-0.2, -0.15) is 5.26 Å². The van der Waals surface area contributed by atoms with Gasteiger partial charge in [-0.25, -0.2) is 0 Å². The molecule has 0 atom stereocenters. The predicted octanol–water partition coefficient (Wildman–Crippen LogP) is 4.44. The zero-order valence-corrected chi connectivity index (χ0v) is 11.8. The minimum absolute atomic E-state index is 0.486. The number of rotatable bonds is 3. The van der Waals surface area contributed by atoms with E-state index in [2.05, 4.69) is 43.4 Å². The molecule has 2 nitrogen and oxygen atoms in total. The Morgan fingerprint density at radius 3 is 2.42 bits per heavy atom. The smallest absolute Gasteiger partial charge is 0.101 e. The highest BCUT2D eigenvalue weighted by molar-refractivity contribution is 6.31. The third-order valence-electron chi connectivity index (χ3n) is 2.86. The highest BCUT2D eigenvalue weighted by Crippen LogP contribution is 2.20. The van der Waals surface area contributed by atoms with Gasteiger partial charge in [0.25, 0.3) is 0 Å². The van der Waals surface area contributed by atoms with Gasteiger partial charge in [0.1, 0.15) is 6.07 Å². The number of benzene rings is 2. The molecule has 0 unspecified atom stereocenters. The van der Waals surface area contributed by atoms with Crippen molar-refractivity contribution in [2.45, 2.75) is 20.4 Å². The molecule has 0 radical (unpaired) electrons. The Morgan fingerprint density at radius 1 is 1.11 bits per heavy atom. The number of anilines is 1. The lowest BCUT2D eigenvalue weighted by Crippen LogP contribution is -2.00. The second-order valence-corrected chi connectivity index (χ2v) is 5.06. The molecule has 0 spiro atoms. The molecule has 0 saturated carbocycles. The van der Waals surface area contributed by atoms with Crippen molar-refractivity contribution in [3.05, 3.63) is 63.7 Å². The SMILES string of the molecule is Cc1cc(C)cc(CNc2ccc(Cl)c(C#N)c2)c1. The number of hydrogen-bond acceptors (Lipinski definition) is 2. The fourth-order valence-corrected chi connectivity index (χ4v) is 2.26. The average molecular weight is 271 g/mol. The summed E-state index contributed by atoms with van der Waals surface area (Å²) in [5.41, 5.74) is 5.13. The van der Waals surface area contributed by atoms with Crippen LogP contribution in [0, 0.1) is 25.2 Å². The summed E-state index contributed by atoms with van der Waals surface area (Å²) in [4.78, 5) is 0. The van der Waals surface area contributed by atoms with E-state index in [0.29, 0.717) is 10.6 Å². The maximum absolute atomic E-state index is 8.94. The normalized spacial score (nSPS) is 10.0. The van der Waals surface area contributed by atoms with Gasteiger partial charge in [-0.05, 0) is 37.6 Å². The van der Waals surface area contributed by atoms with Crippen LogP contribution in [0.15, 0.2) is 36.4 Å². The van der Waals surface area contributed by atoms with E-state index in [1.165, 1.54) is 16.7 Å². The molecule has 0 aliphatic rings. The topological polar surface area (TPSA) is 35.8 Å². The van der Waals surface area contributed by atoms with Crippen LogP contribution in [0.5, 0.6) is 0 Å². The summed E-state index contributed by atoms with van der Waals surface area (Å²) in [5.74, 6) is 0. The van der Waals surface area contributed by atoms with Gasteiger partial charge in [-0.3, -0.25) is 0 Å². The van der Waals surface area contributed by atoms with Crippen molar-refractivity contribution in [1.82, 2.24) is 0 Å². The molecule has 0 aliphatic heterocycles. The van der Waals surface area contributed by atoms with Crippen LogP contribution in [0.1, 0.15) is 22.3 Å². The molecule has 2 aromatic carbocycles. The highest BCUT2D eigenvalue weighted by atomic mass is 35.5. The first kappa shape index (κ1) is 13.5. The largest absolute Gasteiger partial charge is 0.381 e. The van der Waals surface area contributed by atoms with E-state index in [-0.39, 0.29) is 0 Å². The Labute approximate surface area is 118 Å². The second kappa shape index (κ2) is 5.77.